The van der Waals surface area contributed by atoms with Crippen LogP contribution in [-0.2, 0) is 4.79 Å². The number of benzene rings is 2. The van der Waals surface area contributed by atoms with Gasteiger partial charge in [-0.2, -0.15) is 4.37 Å². The van der Waals surface area contributed by atoms with E-state index in [1.165, 1.54) is 17.0 Å². The lowest BCUT2D eigenvalue weighted by Crippen LogP contribution is -2.44. The van der Waals surface area contributed by atoms with Crippen LogP contribution in [0.15, 0.2) is 42.5 Å². The number of nitrogen functional groups attached to an aromatic ring is 1. The van der Waals surface area contributed by atoms with E-state index in [2.05, 4.69) is 23.5 Å². The number of phenols is 1. The monoisotopic (exact) mass is 509 g/mol. The second-order valence-electron chi connectivity index (χ2n) is 9.00. The maximum atomic E-state index is 14.1. The van der Waals surface area contributed by atoms with Gasteiger partial charge in [0.15, 0.2) is 5.69 Å². The fourth-order valence-corrected chi connectivity index (χ4v) is 4.50. The lowest BCUT2D eigenvalue weighted by atomic mass is 9.99. The Bertz CT molecular complexity index is 1270. The van der Waals surface area contributed by atoms with Crippen molar-refractivity contribution in [1.29, 1.82) is 0 Å². The smallest absolute Gasteiger partial charge is 0.273 e. The highest BCUT2D eigenvalue weighted by Gasteiger charge is 2.36. The molecule has 6 N–H and O–H groups in total. The van der Waals surface area contributed by atoms with E-state index in [4.69, 9.17) is 11.5 Å². The molecule has 0 unspecified atom stereocenters. The molecule has 0 saturated heterocycles. The van der Waals surface area contributed by atoms with Gasteiger partial charge in [0.1, 0.15) is 16.7 Å². The Morgan fingerprint density at radius 2 is 1.78 bits per heavy atom. The number of nitrogens with zero attached hydrogens (tertiary/aromatic N) is 2. The third-order valence-corrected chi connectivity index (χ3v) is 6.80. The number of aromatic hydroxyl groups is 1. The molecule has 2 aromatic carbocycles. The summed E-state index contributed by atoms with van der Waals surface area (Å²) in [4.78, 5) is 40.8. The first-order valence-electron chi connectivity index (χ1n) is 11.5. The standard InChI is InChI=1S/C26H31N5O4S/c1-14(2)12-13-29-25(34)22(17-8-10-18(32)11-9-17)31(19-7-5-6-15(3)16(19)4)26(35)23-20(27)21(24(28)33)30-36-23/h5-11,14,22,32H,12-13,27H2,1-4H3,(H2,28,33)(H,29,34)/t22-/m0/s1. The van der Waals surface area contributed by atoms with Gasteiger partial charge in [-0.15, -0.1) is 0 Å². The van der Waals surface area contributed by atoms with Crippen molar-refractivity contribution in [3.63, 3.8) is 0 Å². The number of rotatable bonds is 9. The summed E-state index contributed by atoms with van der Waals surface area (Å²) >= 11 is 0.755. The Morgan fingerprint density at radius 3 is 2.36 bits per heavy atom. The summed E-state index contributed by atoms with van der Waals surface area (Å²) in [6.45, 7) is 8.30. The van der Waals surface area contributed by atoms with Crippen LogP contribution in [0, 0.1) is 19.8 Å². The second kappa shape index (κ2) is 11.2. The zero-order chi connectivity index (χ0) is 26.6. The molecular weight excluding hydrogens is 478 g/mol. The summed E-state index contributed by atoms with van der Waals surface area (Å²) in [5, 5.41) is 12.8. The predicted octanol–water partition coefficient (Wildman–Crippen LogP) is 3.70. The van der Waals surface area contributed by atoms with Crippen molar-refractivity contribution in [2.75, 3.05) is 17.2 Å². The Balaban J connectivity index is 2.21. The highest BCUT2D eigenvalue weighted by molar-refractivity contribution is 7.09. The minimum atomic E-state index is -1.09. The van der Waals surface area contributed by atoms with E-state index in [1.54, 1.807) is 24.3 Å². The number of hydrogen-bond acceptors (Lipinski definition) is 7. The fraction of sp³-hybridized carbons (Fsp3) is 0.308. The number of nitrogens with one attached hydrogen (secondary N) is 1. The van der Waals surface area contributed by atoms with Gasteiger partial charge in [0, 0.05) is 12.2 Å². The van der Waals surface area contributed by atoms with E-state index in [1.807, 2.05) is 19.9 Å². The average molecular weight is 510 g/mol. The highest BCUT2D eigenvalue weighted by Crippen LogP contribution is 2.36. The first-order chi connectivity index (χ1) is 17.0. The third-order valence-electron chi connectivity index (χ3n) is 5.95. The van der Waals surface area contributed by atoms with Gasteiger partial charge < -0.3 is 21.9 Å². The number of phenolic OH excluding ortho intramolecular Hbond substituents is 1. The summed E-state index contributed by atoms with van der Waals surface area (Å²) in [5.41, 5.74) is 13.9. The molecule has 0 aliphatic carbocycles. The molecular formula is C26H31N5O4S. The van der Waals surface area contributed by atoms with Crippen LogP contribution < -0.4 is 21.7 Å². The molecule has 1 atom stereocenters. The molecule has 0 aliphatic rings. The van der Waals surface area contributed by atoms with Crippen molar-refractivity contribution in [2.45, 2.75) is 40.2 Å². The minimum absolute atomic E-state index is 0.00321. The number of primary amides is 1. The number of aryl methyl sites for hydroxylation is 1. The topological polar surface area (TPSA) is 152 Å². The van der Waals surface area contributed by atoms with Crippen LogP contribution in [0.5, 0.6) is 5.75 Å². The molecule has 9 nitrogen and oxygen atoms in total. The van der Waals surface area contributed by atoms with Gasteiger partial charge in [0.05, 0.1) is 5.69 Å². The third kappa shape index (κ3) is 5.65. The molecule has 10 heteroatoms. The lowest BCUT2D eigenvalue weighted by Gasteiger charge is -2.33. The molecule has 3 rings (SSSR count). The molecule has 3 aromatic rings. The largest absolute Gasteiger partial charge is 0.508 e. The van der Waals surface area contributed by atoms with E-state index in [0.29, 0.717) is 23.7 Å². The van der Waals surface area contributed by atoms with E-state index in [-0.39, 0.29) is 22.0 Å². The molecule has 1 aromatic heterocycles. The van der Waals surface area contributed by atoms with Crippen molar-refractivity contribution in [3.8, 4) is 5.75 Å². The molecule has 0 aliphatic heterocycles. The van der Waals surface area contributed by atoms with Crippen LogP contribution in [-0.4, -0.2) is 33.7 Å². The van der Waals surface area contributed by atoms with Crippen LogP contribution in [0.2, 0.25) is 0 Å². The molecule has 190 valence electrons. The summed E-state index contributed by atoms with van der Waals surface area (Å²) in [6.07, 6.45) is 0.759. The van der Waals surface area contributed by atoms with Gasteiger partial charge >= 0.3 is 0 Å². The van der Waals surface area contributed by atoms with E-state index < -0.39 is 23.8 Å². The van der Waals surface area contributed by atoms with Gasteiger partial charge in [0.25, 0.3) is 11.8 Å². The van der Waals surface area contributed by atoms with Crippen LogP contribution in [0.3, 0.4) is 0 Å². The molecule has 0 saturated carbocycles. The zero-order valence-electron chi connectivity index (χ0n) is 20.7. The van der Waals surface area contributed by atoms with Crippen molar-refractivity contribution in [1.82, 2.24) is 9.69 Å². The zero-order valence-corrected chi connectivity index (χ0v) is 21.6. The maximum absolute atomic E-state index is 14.1. The second-order valence-corrected chi connectivity index (χ2v) is 9.77. The summed E-state index contributed by atoms with van der Waals surface area (Å²) < 4.78 is 3.97. The normalized spacial score (nSPS) is 11.8. The molecule has 0 radical (unpaired) electrons. The van der Waals surface area contributed by atoms with Gasteiger partial charge in [-0.25, -0.2) is 0 Å². The minimum Gasteiger partial charge on any atom is -0.508 e. The summed E-state index contributed by atoms with van der Waals surface area (Å²) in [6, 6.07) is 10.5. The molecule has 0 spiro atoms. The SMILES string of the molecule is Cc1cccc(N(C(=O)c2snc(C(N)=O)c2N)[C@H](C(=O)NCCC(C)C)c2ccc(O)cc2)c1C. The fourth-order valence-electron chi connectivity index (χ4n) is 3.76. The molecule has 0 fully saturated rings. The number of amides is 3. The number of carbonyl (C=O) groups is 3. The van der Waals surface area contributed by atoms with Crippen LogP contribution in [0.1, 0.15) is 63.2 Å². The number of anilines is 2. The first-order valence-corrected chi connectivity index (χ1v) is 12.3. The quantitative estimate of drug-likeness (QED) is 0.345. The lowest BCUT2D eigenvalue weighted by molar-refractivity contribution is -0.122. The van der Waals surface area contributed by atoms with Gasteiger partial charge in [-0.1, -0.05) is 38.1 Å². The number of aromatic nitrogens is 1. The Labute approximate surface area is 214 Å². The Hall–Kier alpha value is -3.92. The number of nitrogens with two attached hydrogens (primary N) is 2. The van der Waals surface area contributed by atoms with Crippen LogP contribution >= 0.6 is 11.5 Å². The molecule has 3 amide bonds. The van der Waals surface area contributed by atoms with Crippen LogP contribution in [0.4, 0.5) is 11.4 Å². The molecule has 1 heterocycles. The maximum Gasteiger partial charge on any atom is 0.273 e. The van der Waals surface area contributed by atoms with E-state index in [0.717, 1.165) is 29.1 Å². The Kier molecular flexibility index (Phi) is 8.31. The highest BCUT2D eigenvalue weighted by atomic mass is 32.1. The molecule has 0 bridgehead atoms. The van der Waals surface area contributed by atoms with Crippen LogP contribution in [0.25, 0.3) is 0 Å². The summed E-state index contributed by atoms with van der Waals surface area (Å²) in [7, 11) is 0. The van der Waals surface area contributed by atoms with E-state index in [9.17, 15) is 19.5 Å². The van der Waals surface area contributed by atoms with Crippen molar-refractivity contribution in [2.24, 2.45) is 11.7 Å². The van der Waals surface area contributed by atoms with Crippen molar-refractivity contribution < 1.29 is 19.5 Å². The number of hydrogen-bond donors (Lipinski definition) is 4. The average Bonchev–Trinajstić information content (AvgIpc) is 3.21. The van der Waals surface area contributed by atoms with Gasteiger partial charge in [-0.05, 0) is 72.6 Å². The van der Waals surface area contributed by atoms with Crippen molar-refractivity contribution >= 4 is 40.6 Å². The Morgan fingerprint density at radius 1 is 1.11 bits per heavy atom. The number of carbonyl (C=O) groups excluding carboxylic acids is 3. The first kappa shape index (κ1) is 26.7. The molecule has 36 heavy (non-hydrogen) atoms. The van der Waals surface area contributed by atoms with Crippen molar-refractivity contribution in [3.05, 3.63) is 69.7 Å². The predicted molar refractivity (Wildman–Crippen MR) is 141 cm³/mol. The summed E-state index contributed by atoms with van der Waals surface area (Å²) in [5.74, 6) is -1.43. The van der Waals surface area contributed by atoms with E-state index >= 15 is 0 Å². The van der Waals surface area contributed by atoms with Gasteiger partial charge in [0.2, 0.25) is 5.91 Å². The van der Waals surface area contributed by atoms with Gasteiger partial charge in [-0.3, -0.25) is 19.3 Å².